The Morgan fingerprint density at radius 2 is 1.91 bits per heavy atom. The maximum Gasteiger partial charge on any atom is 0.0392 e. The van der Waals surface area contributed by atoms with Crippen LogP contribution in [-0.2, 0) is 0 Å². The van der Waals surface area contributed by atoms with Gasteiger partial charge in [-0.05, 0) is 36.0 Å². The highest BCUT2D eigenvalue weighted by molar-refractivity contribution is 6.21. The summed E-state index contributed by atoms with van der Waals surface area (Å²) in [6.45, 7) is 7.15. The van der Waals surface area contributed by atoms with Crippen LogP contribution in [0, 0.1) is 16.7 Å². The smallest absolute Gasteiger partial charge is 0.0392 e. The van der Waals surface area contributed by atoms with Gasteiger partial charge in [-0.2, -0.15) is 0 Å². The highest BCUT2D eigenvalue weighted by Gasteiger charge is 2.56. The summed E-state index contributed by atoms with van der Waals surface area (Å²) in [6.07, 6.45) is 3.96. The minimum atomic E-state index is 0.459. The first-order valence-electron chi connectivity index (χ1n) is 4.58. The molecule has 0 nitrogen and oxygen atoms in total. The molecule has 0 amide bonds. The van der Waals surface area contributed by atoms with Crippen LogP contribution in [0.1, 0.15) is 40.0 Å². The normalized spacial score (nSPS) is 53.5. The third kappa shape index (κ3) is 0.950. The summed E-state index contributed by atoms with van der Waals surface area (Å²) in [5, 5.41) is 0.459. The lowest BCUT2D eigenvalue weighted by Crippen LogP contribution is -2.30. The molecule has 0 N–H and O–H groups in total. The van der Waals surface area contributed by atoms with Gasteiger partial charge in [0.25, 0.3) is 0 Å². The molecule has 2 rings (SSSR count). The molecule has 64 valence electrons. The number of hydrogen-bond acceptors (Lipinski definition) is 0. The number of hydrogen-bond donors (Lipinski definition) is 0. The van der Waals surface area contributed by atoms with Gasteiger partial charge in [0.2, 0.25) is 0 Å². The van der Waals surface area contributed by atoms with Crippen LogP contribution in [0.3, 0.4) is 0 Å². The van der Waals surface area contributed by atoms with E-state index in [-0.39, 0.29) is 0 Å². The molecule has 0 aromatic rings. The van der Waals surface area contributed by atoms with Crippen LogP contribution >= 0.6 is 11.6 Å². The molecule has 0 aliphatic heterocycles. The van der Waals surface area contributed by atoms with Crippen molar-refractivity contribution < 1.29 is 0 Å². The lowest BCUT2D eigenvalue weighted by atomic mass is 9.73. The summed E-state index contributed by atoms with van der Waals surface area (Å²) in [5.74, 6) is 0.898. The van der Waals surface area contributed by atoms with Crippen molar-refractivity contribution in [3.05, 3.63) is 0 Å². The van der Waals surface area contributed by atoms with Gasteiger partial charge in [-0.25, -0.2) is 0 Å². The van der Waals surface area contributed by atoms with E-state index >= 15 is 0 Å². The molecular formula is C10H17Cl. The Labute approximate surface area is 74.3 Å². The lowest BCUT2D eigenvalue weighted by Gasteiger charge is -2.36. The number of fused-ring (bicyclic) bond motifs is 2. The van der Waals surface area contributed by atoms with Crippen LogP contribution in [-0.4, -0.2) is 5.38 Å². The van der Waals surface area contributed by atoms with Crippen molar-refractivity contribution >= 4 is 11.6 Å². The molecule has 2 aliphatic carbocycles. The van der Waals surface area contributed by atoms with Crippen LogP contribution < -0.4 is 0 Å². The highest BCUT2D eigenvalue weighted by Crippen LogP contribution is 2.63. The Morgan fingerprint density at radius 3 is 2.18 bits per heavy atom. The van der Waals surface area contributed by atoms with E-state index in [1.54, 1.807) is 0 Å². The molecule has 2 saturated carbocycles. The van der Waals surface area contributed by atoms with Crippen molar-refractivity contribution in [3.8, 4) is 0 Å². The van der Waals surface area contributed by atoms with Gasteiger partial charge in [0.05, 0.1) is 0 Å². The van der Waals surface area contributed by atoms with Crippen LogP contribution in [0.2, 0.25) is 0 Å². The average molecular weight is 173 g/mol. The van der Waals surface area contributed by atoms with Crippen molar-refractivity contribution in [1.29, 1.82) is 0 Å². The summed E-state index contributed by atoms with van der Waals surface area (Å²) in [7, 11) is 0. The van der Waals surface area contributed by atoms with E-state index in [9.17, 15) is 0 Å². The Kier molecular flexibility index (Phi) is 1.41. The zero-order chi connectivity index (χ0) is 8.28. The standard InChI is InChI=1S/C10H17Cl/c1-9(2)6-10(3)5-7(9)4-8(10)11/h7-8H,4-6H2,1-3H3/t7-,8-,10+/m0/s1. The fraction of sp³-hybridized carbons (Fsp3) is 1.00. The first-order valence-corrected chi connectivity index (χ1v) is 5.02. The van der Waals surface area contributed by atoms with Crippen LogP contribution in [0.25, 0.3) is 0 Å². The van der Waals surface area contributed by atoms with Gasteiger partial charge in [0.15, 0.2) is 0 Å². The van der Waals surface area contributed by atoms with Crippen molar-refractivity contribution in [2.45, 2.75) is 45.4 Å². The lowest BCUT2D eigenvalue weighted by molar-refractivity contribution is 0.186. The molecule has 0 aromatic heterocycles. The predicted molar refractivity (Wildman–Crippen MR) is 48.9 cm³/mol. The van der Waals surface area contributed by atoms with Crippen molar-refractivity contribution in [2.75, 3.05) is 0 Å². The minimum Gasteiger partial charge on any atom is -0.122 e. The largest absolute Gasteiger partial charge is 0.122 e. The Balaban J connectivity index is 2.27. The van der Waals surface area contributed by atoms with Crippen LogP contribution in [0.15, 0.2) is 0 Å². The number of rotatable bonds is 0. The number of alkyl halides is 1. The molecule has 3 atom stereocenters. The van der Waals surface area contributed by atoms with Gasteiger partial charge in [0.1, 0.15) is 0 Å². The van der Waals surface area contributed by atoms with Gasteiger partial charge in [-0.3, -0.25) is 0 Å². The second kappa shape index (κ2) is 1.96. The number of halogens is 1. The maximum atomic E-state index is 6.28. The Hall–Kier alpha value is 0.290. The first kappa shape index (κ1) is 7.91. The molecule has 2 aliphatic rings. The van der Waals surface area contributed by atoms with Crippen LogP contribution in [0.5, 0.6) is 0 Å². The minimum absolute atomic E-state index is 0.459. The maximum absolute atomic E-state index is 6.28. The topological polar surface area (TPSA) is 0 Å². The Bertz CT molecular complexity index is 185. The van der Waals surface area contributed by atoms with Gasteiger partial charge >= 0.3 is 0 Å². The van der Waals surface area contributed by atoms with Crippen LogP contribution in [0.4, 0.5) is 0 Å². The average Bonchev–Trinajstić information content (AvgIpc) is 2.16. The van der Waals surface area contributed by atoms with Crippen molar-refractivity contribution in [2.24, 2.45) is 16.7 Å². The molecular weight excluding hydrogens is 156 g/mol. The summed E-state index contributed by atoms with van der Waals surface area (Å²) in [4.78, 5) is 0. The molecule has 0 unspecified atom stereocenters. The molecule has 0 heterocycles. The molecule has 2 bridgehead atoms. The van der Waals surface area contributed by atoms with E-state index in [0.29, 0.717) is 16.2 Å². The quantitative estimate of drug-likeness (QED) is 0.491. The summed E-state index contributed by atoms with van der Waals surface area (Å²) in [5.41, 5.74) is 1.04. The summed E-state index contributed by atoms with van der Waals surface area (Å²) >= 11 is 6.28. The van der Waals surface area contributed by atoms with Crippen molar-refractivity contribution in [3.63, 3.8) is 0 Å². The van der Waals surface area contributed by atoms with Gasteiger partial charge in [0, 0.05) is 5.38 Å². The summed E-state index contributed by atoms with van der Waals surface area (Å²) < 4.78 is 0. The molecule has 0 aromatic carbocycles. The van der Waals surface area contributed by atoms with Gasteiger partial charge in [-0.1, -0.05) is 20.8 Å². The molecule has 0 spiro atoms. The fourth-order valence-electron chi connectivity index (χ4n) is 3.27. The van der Waals surface area contributed by atoms with Gasteiger partial charge < -0.3 is 0 Å². The van der Waals surface area contributed by atoms with E-state index in [4.69, 9.17) is 11.6 Å². The fourth-order valence-corrected chi connectivity index (χ4v) is 3.65. The molecule has 0 radical (unpaired) electrons. The van der Waals surface area contributed by atoms with E-state index in [0.717, 1.165) is 5.92 Å². The molecule has 11 heavy (non-hydrogen) atoms. The Morgan fingerprint density at radius 1 is 1.27 bits per heavy atom. The monoisotopic (exact) mass is 172 g/mol. The van der Waals surface area contributed by atoms with Gasteiger partial charge in [-0.15, -0.1) is 11.6 Å². The van der Waals surface area contributed by atoms with Crippen molar-refractivity contribution in [1.82, 2.24) is 0 Å². The SMILES string of the molecule is CC1(C)C[C@@]2(C)C[C@@H]1C[C@@H]2Cl. The van der Waals surface area contributed by atoms with E-state index in [1.165, 1.54) is 19.3 Å². The van der Waals surface area contributed by atoms with E-state index < -0.39 is 0 Å². The molecule has 1 heteroatoms. The predicted octanol–water partition coefficient (Wildman–Crippen LogP) is 3.44. The highest BCUT2D eigenvalue weighted by atomic mass is 35.5. The zero-order valence-electron chi connectivity index (χ0n) is 7.65. The zero-order valence-corrected chi connectivity index (χ0v) is 8.41. The third-order valence-corrected chi connectivity index (χ3v) is 4.63. The summed E-state index contributed by atoms with van der Waals surface area (Å²) in [6, 6.07) is 0. The second-order valence-electron chi connectivity index (χ2n) is 5.42. The van der Waals surface area contributed by atoms with E-state index in [2.05, 4.69) is 20.8 Å². The van der Waals surface area contributed by atoms with E-state index in [1.807, 2.05) is 0 Å². The molecule has 0 saturated heterocycles. The second-order valence-corrected chi connectivity index (χ2v) is 5.95. The first-order chi connectivity index (χ1) is 4.94. The third-order valence-electron chi connectivity index (χ3n) is 3.93. The molecule has 2 fully saturated rings.